The number of hydrogen-bond donors (Lipinski definition) is 0. The molecule has 104 valence electrons. The second-order valence-corrected chi connectivity index (χ2v) is 4.75. The average Bonchev–Trinajstić information content (AvgIpc) is 2.39. The highest BCUT2D eigenvalue weighted by atomic mass is 16.6. The van der Waals surface area contributed by atoms with Crippen LogP contribution >= 0.6 is 0 Å². The Labute approximate surface area is 110 Å². The highest BCUT2D eigenvalue weighted by molar-refractivity contribution is 5.51. The molecular weight excluding hydrogens is 250 g/mol. The topological polar surface area (TPSA) is 77.6 Å². The van der Waals surface area contributed by atoms with Crippen LogP contribution in [0.4, 0.5) is 11.4 Å². The third-order valence-electron chi connectivity index (χ3n) is 3.13. The SMILES string of the molecule is CC(C)n1cc([N+](=O)[O-])cc(N2CCOCC2)c1=O. The van der Waals surface area contributed by atoms with Gasteiger partial charge in [0.25, 0.3) is 11.2 Å². The molecule has 0 unspecified atom stereocenters. The fraction of sp³-hybridized carbons (Fsp3) is 0.583. The van der Waals surface area contributed by atoms with E-state index in [2.05, 4.69) is 0 Å². The number of morpholine rings is 1. The molecule has 0 bridgehead atoms. The lowest BCUT2D eigenvalue weighted by atomic mass is 10.2. The van der Waals surface area contributed by atoms with Crippen LogP contribution in [0.3, 0.4) is 0 Å². The van der Waals surface area contributed by atoms with Gasteiger partial charge < -0.3 is 14.2 Å². The van der Waals surface area contributed by atoms with Crippen molar-refractivity contribution in [1.29, 1.82) is 0 Å². The third-order valence-corrected chi connectivity index (χ3v) is 3.13. The van der Waals surface area contributed by atoms with E-state index in [1.807, 2.05) is 18.7 Å². The fourth-order valence-corrected chi connectivity index (χ4v) is 2.09. The number of pyridine rings is 1. The van der Waals surface area contributed by atoms with Gasteiger partial charge >= 0.3 is 0 Å². The Kier molecular flexibility index (Phi) is 3.84. The van der Waals surface area contributed by atoms with Gasteiger partial charge in [-0.25, -0.2) is 0 Å². The van der Waals surface area contributed by atoms with Crippen molar-refractivity contribution in [1.82, 2.24) is 4.57 Å². The van der Waals surface area contributed by atoms with Crippen molar-refractivity contribution < 1.29 is 9.66 Å². The number of nitrogens with zero attached hydrogens (tertiary/aromatic N) is 3. The average molecular weight is 267 g/mol. The van der Waals surface area contributed by atoms with Crippen LogP contribution in [0.2, 0.25) is 0 Å². The van der Waals surface area contributed by atoms with Crippen LogP contribution in [0.1, 0.15) is 19.9 Å². The molecule has 2 rings (SSSR count). The van der Waals surface area contributed by atoms with E-state index in [1.54, 1.807) is 0 Å². The minimum absolute atomic E-state index is 0.0604. The van der Waals surface area contributed by atoms with Gasteiger partial charge in [0, 0.05) is 25.2 Å². The molecular formula is C12H17N3O4. The van der Waals surface area contributed by atoms with Crippen molar-refractivity contribution >= 4 is 11.4 Å². The molecule has 1 aliphatic heterocycles. The molecule has 1 saturated heterocycles. The number of ether oxygens (including phenoxy) is 1. The molecule has 0 spiro atoms. The standard InChI is InChI=1S/C12H17N3O4/c1-9(2)14-8-10(15(17)18)7-11(12(14)16)13-3-5-19-6-4-13/h7-9H,3-6H2,1-2H3. The fourth-order valence-electron chi connectivity index (χ4n) is 2.09. The molecule has 0 radical (unpaired) electrons. The summed E-state index contributed by atoms with van der Waals surface area (Å²) in [5.74, 6) is 0. The molecule has 19 heavy (non-hydrogen) atoms. The van der Waals surface area contributed by atoms with Crippen molar-refractivity contribution in [3.05, 3.63) is 32.7 Å². The molecule has 0 aromatic carbocycles. The summed E-state index contributed by atoms with van der Waals surface area (Å²) in [5, 5.41) is 11.0. The summed E-state index contributed by atoms with van der Waals surface area (Å²) >= 11 is 0. The predicted molar refractivity (Wildman–Crippen MR) is 70.8 cm³/mol. The van der Waals surface area contributed by atoms with E-state index in [0.717, 1.165) is 0 Å². The lowest BCUT2D eigenvalue weighted by molar-refractivity contribution is -0.385. The van der Waals surface area contributed by atoms with Crippen LogP contribution in [0.5, 0.6) is 0 Å². The second kappa shape index (κ2) is 5.40. The highest BCUT2D eigenvalue weighted by Gasteiger charge is 2.21. The van der Waals surface area contributed by atoms with Gasteiger partial charge in [0.1, 0.15) is 5.69 Å². The molecule has 7 heteroatoms. The number of nitro groups is 1. The smallest absolute Gasteiger partial charge is 0.287 e. The Morgan fingerprint density at radius 1 is 1.37 bits per heavy atom. The lowest BCUT2D eigenvalue weighted by Gasteiger charge is -2.28. The van der Waals surface area contributed by atoms with Crippen LogP contribution in [-0.2, 0) is 4.74 Å². The molecule has 0 aliphatic carbocycles. The van der Waals surface area contributed by atoms with Crippen LogP contribution in [0.25, 0.3) is 0 Å². The summed E-state index contributed by atoms with van der Waals surface area (Å²) in [7, 11) is 0. The van der Waals surface area contributed by atoms with Gasteiger partial charge in [0.05, 0.1) is 24.3 Å². The third kappa shape index (κ3) is 2.76. The molecule has 7 nitrogen and oxygen atoms in total. The Bertz CT molecular complexity index is 532. The number of hydrogen-bond acceptors (Lipinski definition) is 5. The molecule has 0 amide bonds. The summed E-state index contributed by atoms with van der Waals surface area (Å²) in [4.78, 5) is 24.7. The van der Waals surface area contributed by atoms with Crippen LogP contribution in [0, 0.1) is 10.1 Å². The van der Waals surface area contributed by atoms with E-state index >= 15 is 0 Å². The Morgan fingerprint density at radius 2 is 2.00 bits per heavy atom. The first-order valence-electron chi connectivity index (χ1n) is 6.24. The maximum Gasteiger partial charge on any atom is 0.287 e. The van der Waals surface area contributed by atoms with E-state index in [9.17, 15) is 14.9 Å². The maximum atomic E-state index is 12.3. The van der Waals surface area contributed by atoms with Gasteiger partial charge in [0.15, 0.2) is 0 Å². The summed E-state index contributed by atoms with van der Waals surface area (Å²) in [6.07, 6.45) is 1.30. The zero-order valence-corrected chi connectivity index (χ0v) is 11.0. The van der Waals surface area contributed by atoms with Crippen molar-refractivity contribution in [3.63, 3.8) is 0 Å². The lowest BCUT2D eigenvalue weighted by Crippen LogP contribution is -2.40. The molecule has 1 aromatic rings. The van der Waals surface area contributed by atoms with Gasteiger partial charge in [-0.1, -0.05) is 0 Å². The molecule has 0 saturated carbocycles. The quantitative estimate of drug-likeness (QED) is 0.607. The molecule has 1 aliphatic rings. The first kappa shape index (κ1) is 13.5. The van der Waals surface area contributed by atoms with E-state index < -0.39 is 4.92 Å². The monoisotopic (exact) mass is 267 g/mol. The highest BCUT2D eigenvalue weighted by Crippen LogP contribution is 2.19. The predicted octanol–water partition coefficient (Wildman–Crippen LogP) is 1.17. The van der Waals surface area contributed by atoms with Gasteiger partial charge in [-0.3, -0.25) is 14.9 Å². The Morgan fingerprint density at radius 3 is 2.53 bits per heavy atom. The second-order valence-electron chi connectivity index (χ2n) is 4.75. The molecule has 2 heterocycles. The van der Waals surface area contributed by atoms with E-state index in [1.165, 1.54) is 16.8 Å². The van der Waals surface area contributed by atoms with Gasteiger partial charge in [-0.2, -0.15) is 0 Å². The van der Waals surface area contributed by atoms with Gasteiger partial charge in [0.2, 0.25) is 0 Å². The van der Waals surface area contributed by atoms with Gasteiger partial charge in [-0.15, -0.1) is 0 Å². The first-order valence-corrected chi connectivity index (χ1v) is 6.24. The molecule has 1 fully saturated rings. The first-order chi connectivity index (χ1) is 9.00. The minimum atomic E-state index is -0.470. The summed E-state index contributed by atoms with van der Waals surface area (Å²) in [6, 6.07) is 1.24. The Hall–Kier alpha value is -1.89. The van der Waals surface area contributed by atoms with Crippen molar-refractivity contribution in [3.8, 4) is 0 Å². The Balaban J connectivity index is 2.51. The van der Waals surface area contributed by atoms with Crippen molar-refractivity contribution in [2.24, 2.45) is 0 Å². The summed E-state index contributed by atoms with van der Waals surface area (Å²) in [5.41, 5.74) is 0.128. The molecule has 0 N–H and O–H groups in total. The molecule has 0 atom stereocenters. The van der Waals surface area contributed by atoms with E-state index in [0.29, 0.717) is 32.0 Å². The maximum absolute atomic E-state index is 12.3. The molecule has 1 aromatic heterocycles. The van der Waals surface area contributed by atoms with Crippen molar-refractivity contribution in [2.45, 2.75) is 19.9 Å². The largest absolute Gasteiger partial charge is 0.378 e. The van der Waals surface area contributed by atoms with Crippen LogP contribution in [-0.4, -0.2) is 35.8 Å². The van der Waals surface area contributed by atoms with E-state index in [4.69, 9.17) is 4.74 Å². The number of anilines is 1. The summed E-state index contributed by atoms with van der Waals surface area (Å²) in [6.45, 7) is 5.87. The van der Waals surface area contributed by atoms with Crippen LogP contribution < -0.4 is 10.5 Å². The number of rotatable bonds is 3. The zero-order valence-electron chi connectivity index (χ0n) is 11.0. The summed E-state index contributed by atoms with van der Waals surface area (Å²) < 4.78 is 6.64. The normalized spacial score (nSPS) is 15.8. The van der Waals surface area contributed by atoms with E-state index in [-0.39, 0.29) is 17.3 Å². The number of aromatic nitrogens is 1. The minimum Gasteiger partial charge on any atom is -0.378 e. The zero-order chi connectivity index (χ0) is 14.0. The van der Waals surface area contributed by atoms with Gasteiger partial charge in [-0.05, 0) is 13.8 Å². The van der Waals surface area contributed by atoms with Crippen LogP contribution in [0.15, 0.2) is 17.1 Å². The van der Waals surface area contributed by atoms with Crippen molar-refractivity contribution in [2.75, 3.05) is 31.2 Å².